The average Bonchev–Trinajstić information content (AvgIpc) is 4.00. The molecular formula is C47H70N8O6. The van der Waals surface area contributed by atoms with Crippen LogP contribution in [0.15, 0.2) is 48.5 Å². The number of rotatable bonds is 16. The summed E-state index contributed by atoms with van der Waals surface area (Å²) in [5.41, 5.74) is 1.02. The molecule has 2 saturated carbocycles. The summed E-state index contributed by atoms with van der Waals surface area (Å²) in [6.07, 6.45) is 12.3. The van der Waals surface area contributed by atoms with Gasteiger partial charge in [-0.25, -0.2) is 0 Å². The SMILES string of the molecule is CN[C@@H](C)C(=O)N[C@H](C(=O)N1CCC[C@H]1C(=O)Nc1ccccc1-c1ccccc1NC(=O)[C@@H]1CCCN1C(C)(O)[C@@H](NC(=O)[C@H](C)NC)C1CCCCC1)C1CCCCC1. The first-order valence-corrected chi connectivity index (χ1v) is 22.9. The Morgan fingerprint density at radius 2 is 1.10 bits per heavy atom. The number of nitrogens with one attached hydrogen (secondary N) is 6. The standard InChI is InChI=1S/C47H70N8O6/c1-30(48-4)42(56)52-40(32-18-8-6-9-19-32)46(60)54-28-16-26-38(54)44(58)50-36-24-14-12-22-34(36)35-23-13-15-25-37(35)51-45(59)39-27-17-29-55(39)47(3,61)41(33-20-10-7-11-21-33)53-43(57)31(2)49-5/h12-15,22-25,30-33,38-41,48-49,61H,6-11,16-21,26-29H2,1-5H3,(H,50,58)(H,51,59)(H,52,56)(H,53,57)/t30-,31-,38-,39-,40-,41-,47?/m0/s1. The van der Waals surface area contributed by atoms with Gasteiger partial charge in [-0.1, -0.05) is 74.9 Å². The van der Waals surface area contributed by atoms with E-state index in [1.54, 1.807) is 39.8 Å². The second kappa shape index (κ2) is 21.1. The molecule has 2 heterocycles. The van der Waals surface area contributed by atoms with Crippen molar-refractivity contribution in [3.05, 3.63) is 48.5 Å². The fourth-order valence-corrected chi connectivity index (χ4v) is 10.2. The number of para-hydroxylation sites is 2. The second-order valence-corrected chi connectivity index (χ2v) is 18.0. The number of aliphatic hydroxyl groups is 1. The monoisotopic (exact) mass is 843 g/mol. The average molecular weight is 843 g/mol. The Balaban J connectivity index is 1.19. The zero-order valence-electron chi connectivity index (χ0n) is 36.9. The molecule has 2 aliphatic carbocycles. The van der Waals surface area contributed by atoms with Gasteiger partial charge in [0.1, 0.15) is 17.8 Å². The topological polar surface area (TPSA) is 184 Å². The van der Waals surface area contributed by atoms with Crippen molar-refractivity contribution in [2.45, 2.75) is 153 Å². The minimum Gasteiger partial charge on any atom is -0.374 e. The van der Waals surface area contributed by atoms with Crippen LogP contribution in [0, 0.1) is 11.8 Å². The van der Waals surface area contributed by atoms with Crippen molar-refractivity contribution in [3.63, 3.8) is 0 Å². The summed E-state index contributed by atoms with van der Waals surface area (Å²) in [4.78, 5) is 72.7. The van der Waals surface area contributed by atoms with E-state index in [0.29, 0.717) is 61.3 Å². The molecule has 5 amide bonds. The zero-order chi connectivity index (χ0) is 43.7. The van der Waals surface area contributed by atoms with Crippen LogP contribution in [0.5, 0.6) is 0 Å². The fourth-order valence-electron chi connectivity index (χ4n) is 10.2. The molecule has 0 bridgehead atoms. The number of nitrogens with zero attached hydrogens (tertiary/aromatic N) is 2. The van der Waals surface area contributed by atoms with Crippen LogP contribution in [0.4, 0.5) is 11.4 Å². The summed E-state index contributed by atoms with van der Waals surface area (Å²) < 4.78 is 0. The van der Waals surface area contributed by atoms with Crippen LogP contribution in [-0.2, 0) is 24.0 Å². The summed E-state index contributed by atoms with van der Waals surface area (Å²) in [5, 5.41) is 30.9. The van der Waals surface area contributed by atoms with Gasteiger partial charge >= 0.3 is 0 Å². The largest absolute Gasteiger partial charge is 0.374 e. The van der Waals surface area contributed by atoms with Gasteiger partial charge in [0.25, 0.3) is 0 Å². The van der Waals surface area contributed by atoms with Crippen molar-refractivity contribution in [1.29, 1.82) is 0 Å². The van der Waals surface area contributed by atoms with Crippen LogP contribution >= 0.6 is 0 Å². The van der Waals surface area contributed by atoms with Crippen molar-refractivity contribution < 1.29 is 29.1 Å². The van der Waals surface area contributed by atoms with Crippen LogP contribution in [0.1, 0.15) is 111 Å². The highest BCUT2D eigenvalue weighted by molar-refractivity contribution is 6.04. The van der Waals surface area contributed by atoms with E-state index >= 15 is 0 Å². The lowest BCUT2D eigenvalue weighted by Gasteiger charge is -2.47. The summed E-state index contributed by atoms with van der Waals surface area (Å²) in [6.45, 7) is 6.24. The van der Waals surface area contributed by atoms with Crippen LogP contribution in [0.3, 0.4) is 0 Å². The van der Waals surface area contributed by atoms with E-state index in [4.69, 9.17) is 0 Å². The predicted octanol–water partition coefficient (Wildman–Crippen LogP) is 4.74. The van der Waals surface area contributed by atoms with E-state index in [1.165, 1.54) is 0 Å². The molecule has 14 heteroatoms. The molecule has 2 aromatic rings. The summed E-state index contributed by atoms with van der Waals surface area (Å²) in [6, 6.07) is 11.4. The zero-order valence-corrected chi connectivity index (χ0v) is 36.9. The molecule has 4 aliphatic rings. The third-order valence-electron chi connectivity index (χ3n) is 14.0. The minimum absolute atomic E-state index is 0.0137. The lowest BCUT2D eigenvalue weighted by molar-refractivity contribution is -0.156. The smallest absolute Gasteiger partial charge is 0.247 e. The quantitative estimate of drug-likeness (QED) is 0.126. The molecule has 14 nitrogen and oxygen atoms in total. The summed E-state index contributed by atoms with van der Waals surface area (Å²) in [7, 11) is 3.45. The Labute approximate surface area is 362 Å². The Morgan fingerprint density at radius 3 is 1.66 bits per heavy atom. The maximum Gasteiger partial charge on any atom is 0.247 e. The van der Waals surface area contributed by atoms with E-state index in [0.717, 1.165) is 64.2 Å². The van der Waals surface area contributed by atoms with Gasteiger partial charge in [0.2, 0.25) is 29.5 Å². The van der Waals surface area contributed by atoms with Crippen LogP contribution in [-0.4, -0.2) is 114 Å². The highest BCUT2D eigenvalue weighted by Gasteiger charge is 2.49. The molecule has 0 spiro atoms. The maximum atomic E-state index is 14.4. The van der Waals surface area contributed by atoms with Gasteiger partial charge in [0, 0.05) is 35.6 Å². The van der Waals surface area contributed by atoms with Crippen molar-refractivity contribution in [3.8, 4) is 11.1 Å². The van der Waals surface area contributed by atoms with Gasteiger partial charge in [-0.2, -0.15) is 0 Å². The van der Waals surface area contributed by atoms with Gasteiger partial charge in [0.05, 0.1) is 24.2 Å². The second-order valence-electron chi connectivity index (χ2n) is 18.0. The number of likely N-dealkylation sites (N-methyl/N-ethyl adjacent to an activating group) is 2. The molecule has 334 valence electrons. The van der Waals surface area contributed by atoms with Gasteiger partial charge < -0.3 is 41.9 Å². The van der Waals surface area contributed by atoms with Gasteiger partial charge in [-0.3, -0.25) is 28.9 Å². The highest BCUT2D eigenvalue weighted by Crippen LogP contribution is 2.38. The maximum absolute atomic E-state index is 14.4. The van der Waals surface area contributed by atoms with Crippen molar-refractivity contribution in [1.82, 2.24) is 31.1 Å². The summed E-state index contributed by atoms with van der Waals surface area (Å²) in [5.74, 6) is -1.09. The van der Waals surface area contributed by atoms with Crippen molar-refractivity contribution in [2.75, 3.05) is 37.8 Å². The first kappa shape index (κ1) is 46.1. The molecule has 0 radical (unpaired) electrons. The number of likely N-dealkylation sites (tertiary alicyclic amines) is 2. The third kappa shape index (κ3) is 10.8. The number of hydrogen-bond donors (Lipinski definition) is 7. The highest BCUT2D eigenvalue weighted by atomic mass is 16.3. The molecule has 6 rings (SSSR count). The lowest BCUT2D eigenvalue weighted by atomic mass is 9.79. The lowest BCUT2D eigenvalue weighted by Crippen LogP contribution is -2.66. The first-order chi connectivity index (χ1) is 29.3. The normalized spacial score (nSPS) is 23.3. The van der Waals surface area contributed by atoms with Gasteiger partial charge in [-0.15, -0.1) is 0 Å². The molecule has 2 aliphatic heterocycles. The minimum atomic E-state index is -1.48. The fraction of sp³-hybridized carbons (Fsp3) is 0.638. The molecule has 61 heavy (non-hydrogen) atoms. The van der Waals surface area contributed by atoms with Gasteiger partial charge in [0.15, 0.2) is 0 Å². The number of amides is 5. The van der Waals surface area contributed by atoms with Gasteiger partial charge in [-0.05, 0) is 110 Å². The number of hydrogen-bond acceptors (Lipinski definition) is 9. The molecule has 7 atom stereocenters. The Morgan fingerprint density at radius 1 is 0.623 bits per heavy atom. The molecule has 1 unspecified atom stereocenters. The number of benzene rings is 2. The number of carbonyl (C=O) groups is 5. The molecule has 7 N–H and O–H groups in total. The third-order valence-corrected chi connectivity index (χ3v) is 14.0. The molecule has 2 aromatic carbocycles. The molecule has 0 aromatic heterocycles. The van der Waals surface area contributed by atoms with Crippen molar-refractivity contribution in [2.24, 2.45) is 11.8 Å². The molecule has 2 saturated heterocycles. The van der Waals surface area contributed by atoms with E-state index in [1.807, 2.05) is 53.4 Å². The Bertz CT molecular complexity index is 1840. The van der Waals surface area contributed by atoms with Crippen LogP contribution in [0.25, 0.3) is 11.1 Å². The summed E-state index contributed by atoms with van der Waals surface area (Å²) >= 11 is 0. The Kier molecular flexibility index (Phi) is 16.0. The first-order valence-electron chi connectivity index (χ1n) is 22.9. The number of anilines is 2. The van der Waals surface area contributed by atoms with Crippen LogP contribution < -0.4 is 31.9 Å². The Hall–Kier alpha value is -4.37. The molecular weight excluding hydrogens is 773 g/mol. The predicted molar refractivity (Wildman–Crippen MR) is 238 cm³/mol. The van der Waals surface area contributed by atoms with E-state index in [-0.39, 0.29) is 41.4 Å². The van der Waals surface area contributed by atoms with Crippen molar-refractivity contribution >= 4 is 40.9 Å². The van der Waals surface area contributed by atoms with E-state index in [9.17, 15) is 29.1 Å². The van der Waals surface area contributed by atoms with Crippen LogP contribution in [0.2, 0.25) is 0 Å². The van der Waals surface area contributed by atoms with E-state index < -0.39 is 42.0 Å². The van der Waals surface area contributed by atoms with E-state index in [2.05, 4.69) is 31.9 Å². The number of carbonyl (C=O) groups excluding carboxylic acids is 5. The molecule has 4 fully saturated rings.